The van der Waals surface area contributed by atoms with Crippen LogP contribution in [0.5, 0.6) is 0 Å². The largest absolute Gasteiger partial charge is 0.315 e. The summed E-state index contributed by atoms with van der Waals surface area (Å²) >= 11 is 0. The van der Waals surface area contributed by atoms with Gasteiger partial charge in [0.2, 0.25) is 10.0 Å². The van der Waals surface area contributed by atoms with Gasteiger partial charge in [0, 0.05) is 32.2 Å². The molecule has 0 spiro atoms. The van der Waals surface area contributed by atoms with Crippen LogP contribution in [0.15, 0.2) is 0 Å². The molecule has 2 rings (SSSR count). The highest BCUT2D eigenvalue weighted by Gasteiger charge is 2.36. The fourth-order valence-electron chi connectivity index (χ4n) is 2.53. The Labute approximate surface area is 104 Å². The van der Waals surface area contributed by atoms with Crippen molar-refractivity contribution in [2.75, 3.05) is 39.8 Å². The smallest absolute Gasteiger partial charge is 0.218 e. The molecular weight excluding hydrogens is 238 g/mol. The van der Waals surface area contributed by atoms with Crippen molar-refractivity contribution in [3.05, 3.63) is 0 Å². The van der Waals surface area contributed by atoms with Crippen molar-refractivity contribution in [2.24, 2.45) is 0 Å². The molecule has 2 aliphatic rings. The van der Waals surface area contributed by atoms with Crippen molar-refractivity contribution < 1.29 is 8.42 Å². The first-order valence-corrected chi connectivity index (χ1v) is 7.92. The van der Waals surface area contributed by atoms with E-state index in [2.05, 4.69) is 24.2 Å². The minimum absolute atomic E-state index is 0.216. The molecule has 0 bridgehead atoms. The number of likely N-dealkylation sites (N-methyl/N-ethyl adjacent to an activating group) is 1. The molecular formula is C11H23N3O2S. The maximum atomic E-state index is 12.5. The second-order valence-corrected chi connectivity index (χ2v) is 7.41. The van der Waals surface area contributed by atoms with Crippen LogP contribution in [0.3, 0.4) is 0 Å². The molecule has 0 aromatic rings. The number of sulfonamides is 1. The molecule has 0 aliphatic carbocycles. The minimum Gasteiger partial charge on any atom is -0.315 e. The molecule has 2 fully saturated rings. The number of hydrogen-bond donors (Lipinski definition) is 1. The third kappa shape index (κ3) is 2.81. The van der Waals surface area contributed by atoms with Crippen molar-refractivity contribution in [1.29, 1.82) is 0 Å². The summed E-state index contributed by atoms with van der Waals surface area (Å²) in [5, 5.41) is 2.97. The van der Waals surface area contributed by atoms with E-state index in [4.69, 9.17) is 0 Å². The Bertz CT molecular complexity index is 352. The van der Waals surface area contributed by atoms with Gasteiger partial charge in [0.25, 0.3) is 0 Å². The van der Waals surface area contributed by atoms with E-state index in [1.165, 1.54) is 0 Å². The molecule has 2 aliphatic heterocycles. The predicted molar refractivity (Wildman–Crippen MR) is 68.5 cm³/mol. The zero-order valence-corrected chi connectivity index (χ0v) is 11.5. The van der Waals surface area contributed by atoms with E-state index >= 15 is 0 Å². The molecule has 0 amide bonds. The summed E-state index contributed by atoms with van der Waals surface area (Å²) in [4.78, 5) is 2.21. The third-order valence-corrected chi connectivity index (χ3v) is 6.25. The number of nitrogens with one attached hydrogen (secondary N) is 1. The normalized spacial score (nSPS) is 33.8. The Kier molecular flexibility index (Phi) is 4.07. The first-order valence-electron chi connectivity index (χ1n) is 6.41. The lowest BCUT2D eigenvalue weighted by molar-refractivity contribution is 0.158. The summed E-state index contributed by atoms with van der Waals surface area (Å²) in [5.41, 5.74) is 0. The van der Waals surface area contributed by atoms with Crippen molar-refractivity contribution in [3.8, 4) is 0 Å². The predicted octanol–water partition coefficient (Wildman–Crippen LogP) is -0.296. The second-order valence-electron chi connectivity index (χ2n) is 5.20. The third-order valence-electron chi connectivity index (χ3n) is 3.96. The number of piperidine rings is 1. The molecule has 2 atom stereocenters. The lowest BCUT2D eigenvalue weighted by Gasteiger charge is -2.39. The van der Waals surface area contributed by atoms with E-state index in [1.54, 1.807) is 4.31 Å². The van der Waals surface area contributed by atoms with Gasteiger partial charge in [-0.2, -0.15) is 4.31 Å². The van der Waals surface area contributed by atoms with Crippen molar-refractivity contribution >= 4 is 10.0 Å². The number of piperazine rings is 1. The van der Waals surface area contributed by atoms with Gasteiger partial charge in [0.05, 0.1) is 5.25 Å². The highest BCUT2D eigenvalue weighted by Crippen LogP contribution is 2.19. The number of nitrogens with zero attached hydrogens (tertiary/aromatic N) is 2. The van der Waals surface area contributed by atoms with Crippen LogP contribution < -0.4 is 5.32 Å². The van der Waals surface area contributed by atoms with E-state index in [1.807, 2.05) is 0 Å². The fraction of sp³-hybridized carbons (Fsp3) is 1.00. The van der Waals surface area contributed by atoms with Crippen LogP contribution >= 0.6 is 0 Å². The SMILES string of the molecule is CC1CN(S(=O)(=O)C2CCCNC2)CCN1C. The van der Waals surface area contributed by atoms with Gasteiger partial charge in [-0.05, 0) is 33.4 Å². The molecule has 2 saturated heterocycles. The van der Waals surface area contributed by atoms with Gasteiger partial charge in [-0.3, -0.25) is 0 Å². The number of rotatable bonds is 2. The molecule has 2 unspecified atom stereocenters. The molecule has 0 radical (unpaired) electrons. The van der Waals surface area contributed by atoms with Crippen LogP contribution in [0, 0.1) is 0 Å². The van der Waals surface area contributed by atoms with Crippen molar-refractivity contribution in [3.63, 3.8) is 0 Å². The standard InChI is InChI=1S/C11H23N3O2S/c1-10-9-14(7-6-13(10)2)17(15,16)11-4-3-5-12-8-11/h10-12H,3-9H2,1-2H3. The lowest BCUT2D eigenvalue weighted by atomic mass is 10.2. The summed E-state index contributed by atoms with van der Waals surface area (Å²) in [6.45, 7) is 5.75. The summed E-state index contributed by atoms with van der Waals surface area (Å²) in [7, 11) is -1.04. The lowest BCUT2D eigenvalue weighted by Crippen LogP contribution is -2.55. The average molecular weight is 261 g/mol. The topological polar surface area (TPSA) is 52.7 Å². The highest BCUT2D eigenvalue weighted by molar-refractivity contribution is 7.89. The molecule has 1 N–H and O–H groups in total. The van der Waals surface area contributed by atoms with Gasteiger partial charge < -0.3 is 10.2 Å². The summed E-state index contributed by atoms with van der Waals surface area (Å²) < 4.78 is 26.6. The monoisotopic (exact) mass is 261 g/mol. The highest BCUT2D eigenvalue weighted by atomic mass is 32.2. The van der Waals surface area contributed by atoms with Gasteiger partial charge in [-0.1, -0.05) is 0 Å². The van der Waals surface area contributed by atoms with Crippen LogP contribution in [0.25, 0.3) is 0 Å². The Morgan fingerprint density at radius 2 is 2.06 bits per heavy atom. The van der Waals surface area contributed by atoms with E-state index < -0.39 is 10.0 Å². The molecule has 0 aromatic heterocycles. The van der Waals surface area contributed by atoms with Crippen molar-refractivity contribution in [2.45, 2.75) is 31.1 Å². The molecule has 0 aromatic carbocycles. The van der Waals surface area contributed by atoms with Crippen LogP contribution in [0.2, 0.25) is 0 Å². The maximum Gasteiger partial charge on any atom is 0.218 e. The first kappa shape index (κ1) is 13.3. The first-order chi connectivity index (χ1) is 8.01. The fourth-order valence-corrected chi connectivity index (χ4v) is 4.51. The Morgan fingerprint density at radius 1 is 1.29 bits per heavy atom. The van der Waals surface area contributed by atoms with Gasteiger partial charge in [-0.25, -0.2) is 8.42 Å². The van der Waals surface area contributed by atoms with Gasteiger partial charge in [-0.15, -0.1) is 0 Å². The Hall–Kier alpha value is -0.170. The minimum atomic E-state index is -3.10. The van der Waals surface area contributed by atoms with Gasteiger partial charge >= 0.3 is 0 Å². The van der Waals surface area contributed by atoms with Crippen molar-refractivity contribution in [1.82, 2.24) is 14.5 Å². The van der Waals surface area contributed by atoms with Crippen LogP contribution in [0.1, 0.15) is 19.8 Å². The second kappa shape index (κ2) is 5.22. The Balaban J connectivity index is 2.04. The Morgan fingerprint density at radius 3 is 2.65 bits per heavy atom. The van der Waals surface area contributed by atoms with Gasteiger partial charge in [0.1, 0.15) is 0 Å². The van der Waals surface area contributed by atoms with E-state index in [9.17, 15) is 8.42 Å². The molecule has 100 valence electrons. The number of hydrogen-bond acceptors (Lipinski definition) is 4. The summed E-state index contributed by atoms with van der Waals surface area (Å²) in [5.74, 6) is 0. The van der Waals surface area contributed by atoms with Gasteiger partial charge in [0.15, 0.2) is 0 Å². The molecule has 5 nitrogen and oxygen atoms in total. The zero-order chi connectivity index (χ0) is 12.5. The van der Waals surface area contributed by atoms with E-state index in [0.29, 0.717) is 25.7 Å². The molecule has 6 heteroatoms. The van der Waals surface area contributed by atoms with E-state index in [0.717, 1.165) is 25.9 Å². The van der Waals surface area contributed by atoms with Crippen LogP contribution in [-0.2, 0) is 10.0 Å². The zero-order valence-electron chi connectivity index (χ0n) is 10.7. The quantitative estimate of drug-likeness (QED) is 0.742. The summed E-state index contributed by atoms with van der Waals surface area (Å²) in [6, 6.07) is 0.315. The van der Waals surface area contributed by atoms with Crippen LogP contribution in [-0.4, -0.2) is 68.7 Å². The van der Waals surface area contributed by atoms with E-state index in [-0.39, 0.29) is 5.25 Å². The average Bonchev–Trinajstić information content (AvgIpc) is 2.33. The molecule has 17 heavy (non-hydrogen) atoms. The molecule has 2 heterocycles. The molecule has 0 saturated carbocycles. The maximum absolute atomic E-state index is 12.5. The van der Waals surface area contributed by atoms with Crippen LogP contribution in [0.4, 0.5) is 0 Å². The summed E-state index contributed by atoms with van der Waals surface area (Å²) in [6.07, 6.45) is 1.77.